The van der Waals surface area contributed by atoms with Crippen LogP contribution in [-0.4, -0.2) is 42.7 Å². The summed E-state index contributed by atoms with van der Waals surface area (Å²) < 4.78 is 5.84. The highest BCUT2D eigenvalue weighted by molar-refractivity contribution is 14.0. The van der Waals surface area contributed by atoms with Crippen molar-refractivity contribution < 1.29 is 4.74 Å². The first kappa shape index (κ1) is 24.2. The highest BCUT2D eigenvalue weighted by atomic mass is 127. The first-order valence-corrected chi connectivity index (χ1v) is 10.1. The number of nitrogens with two attached hydrogens (primary N) is 1. The molecular formula is C21H37IN4O. The number of benzene rings is 1. The van der Waals surface area contributed by atoms with E-state index in [9.17, 15) is 0 Å². The molecule has 0 bridgehead atoms. The van der Waals surface area contributed by atoms with E-state index in [-0.39, 0.29) is 36.2 Å². The van der Waals surface area contributed by atoms with Gasteiger partial charge in [-0.2, -0.15) is 0 Å². The quantitative estimate of drug-likeness (QED) is 0.240. The van der Waals surface area contributed by atoms with E-state index < -0.39 is 0 Å². The normalized spacial score (nSPS) is 20.9. The van der Waals surface area contributed by atoms with Crippen molar-refractivity contribution in [3.63, 3.8) is 0 Å². The van der Waals surface area contributed by atoms with Crippen molar-refractivity contribution >= 4 is 29.9 Å². The molecule has 0 saturated carbocycles. The molecule has 1 aromatic rings. The lowest BCUT2D eigenvalue weighted by molar-refractivity contribution is -0.0705. The second-order valence-electron chi connectivity index (χ2n) is 7.41. The molecule has 1 aliphatic rings. The molecule has 1 aromatic carbocycles. The Morgan fingerprint density at radius 2 is 1.81 bits per heavy atom. The predicted octanol–water partition coefficient (Wildman–Crippen LogP) is 3.90. The van der Waals surface area contributed by atoms with E-state index >= 15 is 0 Å². The number of ether oxygens (including phenoxy) is 1. The van der Waals surface area contributed by atoms with Gasteiger partial charge in [0.2, 0.25) is 0 Å². The Morgan fingerprint density at radius 1 is 1.15 bits per heavy atom. The van der Waals surface area contributed by atoms with E-state index in [1.54, 1.807) is 0 Å². The molecule has 5 nitrogen and oxygen atoms in total. The number of morpholine rings is 1. The summed E-state index contributed by atoms with van der Waals surface area (Å²) in [6.45, 7) is 10.9. The zero-order chi connectivity index (χ0) is 18.8. The molecule has 3 N–H and O–H groups in total. The molecule has 2 rings (SSSR count). The van der Waals surface area contributed by atoms with Crippen LogP contribution < -0.4 is 11.1 Å². The first-order valence-electron chi connectivity index (χ1n) is 10.1. The summed E-state index contributed by atoms with van der Waals surface area (Å²) in [5.41, 5.74) is 8.59. The molecule has 0 radical (unpaired) electrons. The van der Waals surface area contributed by atoms with Crippen molar-refractivity contribution in [1.29, 1.82) is 0 Å². The van der Waals surface area contributed by atoms with Crippen LogP contribution in [0.4, 0.5) is 0 Å². The van der Waals surface area contributed by atoms with Gasteiger partial charge >= 0.3 is 0 Å². The zero-order valence-electron chi connectivity index (χ0n) is 17.1. The van der Waals surface area contributed by atoms with E-state index in [2.05, 4.69) is 60.2 Å². The number of nitrogens with zero attached hydrogens (tertiary/aromatic N) is 2. The van der Waals surface area contributed by atoms with Crippen molar-refractivity contribution in [1.82, 2.24) is 10.2 Å². The van der Waals surface area contributed by atoms with Gasteiger partial charge in [-0.25, -0.2) is 4.99 Å². The Hall–Kier alpha value is -0.860. The monoisotopic (exact) mass is 488 g/mol. The van der Waals surface area contributed by atoms with Crippen molar-refractivity contribution in [3.05, 3.63) is 35.4 Å². The van der Waals surface area contributed by atoms with Crippen molar-refractivity contribution in [2.75, 3.05) is 19.6 Å². The highest BCUT2D eigenvalue weighted by Crippen LogP contribution is 2.17. The summed E-state index contributed by atoms with van der Waals surface area (Å²) in [4.78, 5) is 7.00. The molecule has 1 saturated heterocycles. The smallest absolute Gasteiger partial charge is 0.188 e. The molecule has 0 aliphatic carbocycles. The van der Waals surface area contributed by atoms with Crippen LogP contribution in [0.15, 0.2) is 29.3 Å². The SMILES string of the molecule is CCCCCCNC(N)=NCc1ccccc1CN1CC(C)OC(C)C1.I. The Kier molecular flexibility index (Phi) is 11.9. The molecule has 0 amide bonds. The van der Waals surface area contributed by atoms with E-state index in [4.69, 9.17) is 10.5 Å². The number of halogens is 1. The fourth-order valence-electron chi connectivity index (χ4n) is 3.51. The fourth-order valence-corrected chi connectivity index (χ4v) is 3.51. The third-order valence-corrected chi connectivity index (χ3v) is 4.76. The van der Waals surface area contributed by atoms with E-state index in [0.717, 1.165) is 32.6 Å². The largest absolute Gasteiger partial charge is 0.373 e. The van der Waals surface area contributed by atoms with Crippen LogP contribution in [-0.2, 0) is 17.8 Å². The van der Waals surface area contributed by atoms with Gasteiger partial charge in [-0.3, -0.25) is 4.90 Å². The van der Waals surface area contributed by atoms with Crippen LogP contribution in [0, 0.1) is 0 Å². The summed E-state index contributed by atoms with van der Waals surface area (Å²) in [6, 6.07) is 8.53. The maximum absolute atomic E-state index is 6.02. The van der Waals surface area contributed by atoms with Crippen LogP contribution in [0.3, 0.4) is 0 Å². The molecule has 1 aliphatic heterocycles. The molecule has 27 heavy (non-hydrogen) atoms. The minimum atomic E-state index is 0. The van der Waals surface area contributed by atoms with Crippen molar-refractivity contribution in [2.24, 2.45) is 10.7 Å². The zero-order valence-corrected chi connectivity index (χ0v) is 19.4. The average Bonchev–Trinajstić information content (AvgIpc) is 2.60. The van der Waals surface area contributed by atoms with Gasteiger partial charge in [-0.15, -0.1) is 24.0 Å². The number of hydrogen-bond acceptors (Lipinski definition) is 3. The molecule has 2 atom stereocenters. The van der Waals surface area contributed by atoms with Gasteiger partial charge in [0, 0.05) is 26.2 Å². The minimum Gasteiger partial charge on any atom is -0.373 e. The molecular weight excluding hydrogens is 451 g/mol. The van der Waals surface area contributed by atoms with E-state index in [1.807, 2.05) is 0 Å². The van der Waals surface area contributed by atoms with Crippen LogP contribution in [0.25, 0.3) is 0 Å². The van der Waals surface area contributed by atoms with Gasteiger partial charge in [0.05, 0.1) is 18.8 Å². The fraction of sp³-hybridized carbons (Fsp3) is 0.667. The Morgan fingerprint density at radius 3 is 2.48 bits per heavy atom. The molecule has 1 heterocycles. The van der Waals surface area contributed by atoms with Gasteiger partial charge in [-0.05, 0) is 31.4 Å². The minimum absolute atomic E-state index is 0. The lowest BCUT2D eigenvalue weighted by atomic mass is 10.1. The van der Waals surface area contributed by atoms with Gasteiger partial charge < -0.3 is 15.8 Å². The lowest BCUT2D eigenvalue weighted by Gasteiger charge is -2.35. The third kappa shape index (κ3) is 9.25. The number of nitrogens with one attached hydrogen (secondary N) is 1. The molecule has 0 spiro atoms. The topological polar surface area (TPSA) is 62.9 Å². The van der Waals surface area contributed by atoms with Gasteiger partial charge in [0.25, 0.3) is 0 Å². The number of unbranched alkanes of at least 4 members (excludes halogenated alkanes) is 3. The number of hydrogen-bond donors (Lipinski definition) is 2. The Balaban J connectivity index is 0.00000364. The van der Waals surface area contributed by atoms with Crippen LogP contribution in [0.5, 0.6) is 0 Å². The van der Waals surface area contributed by atoms with Gasteiger partial charge in [-0.1, -0.05) is 50.5 Å². The van der Waals surface area contributed by atoms with Crippen LogP contribution in [0.2, 0.25) is 0 Å². The van der Waals surface area contributed by atoms with Crippen molar-refractivity contribution in [2.45, 2.75) is 71.8 Å². The van der Waals surface area contributed by atoms with Gasteiger partial charge in [0.15, 0.2) is 5.96 Å². The van der Waals surface area contributed by atoms with E-state index in [1.165, 1.54) is 30.4 Å². The average molecular weight is 488 g/mol. The number of aliphatic imine (C=N–C) groups is 1. The molecule has 1 fully saturated rings. The second-order valence-corrected chi connectivity index (χ2v) is 7.41. The summed E-state index contributed by atoms with van der Waals surface area (Å²) in [5.74, 6) is 0.546. The first-order chi connectivity index (χ1) is 12.6. The highest BCUT2D eigenvalue weighted by Gasteiger charge is 2.22. The predicted molar refractivity (Wildman–Crippen MR) is 125 cm³/mol. The van der Waals surface area contributed by atoms with Crippen LogP contribution in [0.1, 0.15) is 57.6 Å². The number of guanidine groups is 1. The second kappa shape index (κ2) is 13.3. The summed E-state index contributed by atoms with van der Waals surface area (Å²) in [7, 11) is 0. The standard InChI is InChI=1S/C21H36N4O.HI/c1-4-5-6-9-12-23-21(22)24-13-19-10-7-8-11-20(19)16-25-14-17(2)26-18(3)15-25;/h7-8,10-11,17-18H,4-6,9,12-16H2,1-3H3,(H3,22,23,24);1H. The third-order valence-electron chi connectivity index (χ3n) is 4.76. The molecule has 154 valence electrons. The Bertz CT molecular complexity index is 557. The maximum Gasteiger partial charge on any atom is 0.188 e. The van der Waals surface area contributed by atoms with Gasteiger partial charge in [0.1, 0.15) is 0 Å². The molecule has 6 heteroatoms. The maximum atomic E-state index is 6.02. The lowest BCUT2D eigenvalue weighted by Crippen LogP contribution is -2.44. The molecule has 0 aromatic heterocycles. The summed E-state index contributed by atoms with van der Waals surface area (Å²) in [5, 5.41) is 3.23. The Labute approximate surface area is 182 Å². The van der Waals surface area contributed by atoms with E-state index in [0.29, 0.717) is 12.5 Å². The molecule has 2 unspecified atom stereocenters. The van der Waals surface area contributed by atoms with Crippen LogP contribution >= 0.6 is 24.0 Å². The summed E-state index contributed by atoms with van der Waals surface area (Å²) in [6.07, 6.45) is 5.50. The van der Waals surface area contributed by atoms with Crippen molar-refractivity contribution in [3.8, 4) is 0 Å². The summed E-state index contributed by atoms with van der Waals surface area (Å²) >= 11 is 0. The number of rotatable bonds is 9.